The van der Waals surface area contributed by atoms with Crippen molar-refractivity contribution in [3.8, 4) is 0 Å². The normalized spacial score (nSPS) is 42.7. The Labute approximate surface area is 272 Å². The lowest BCUT2D eigenvalue weighted by atomic mass is 9.88. The summed E-state index contributed by atoms with van der Waals surface area (Å²) in [5.41, 5.74) is -2.32. The molecular weight excluding hydrogens is 636 g/mol. The van der Waals surface area contributed by atoms with Crippen LogP contribution >= 0.6 is 0 Å². The monoisotopic (exact) mass is 688 g/mol. The van der Waals surface area contributed by atoms with E-state index in [2.05, 4.69) is 4.74 Å². The van der Waals surface area contributed by atoms with Crippen molar-refractivity contribution >= 4 is 5.97 Å². The minimum Gasteiger partial charge on any atom is -0.469 e. The van der Waals surface area contributed by atoms with Crippen molar-refractivity contribution in [1.82, 2.24) is 0 Å². The molecule has 0 aromatic rings. The van der Waals surface area contributed by atoms with Gasteiger partial charge in [0.2, 0.25) is 0 Å². The van der Waals surface area contributed by atoms with Gasteiger partial charge in [0.15, 0.2) is 18.9 Å². The lowest BCUT2D eigenvalue weighted by Gasteiger charge is -2.50. The quantitative estimate of drug-likeness (QED) is 0.0511. The standard InChI is InChI=1S/C29H52O18/c1-29(40)25(39)20(36)16(13-32)45-28(29)47-24-21(37)18(34)14(11-30)44-27(24)46-23-19(35)15(12-31)43-26(22(23)38)42-10-8-6-4-3-5-7-9-17(33)41-2/h14-16,18-28,30-32,34-40H,3-13H2,1-2H3/t14-,15-,16-,18-,19-,20-,21+,22-,23+,24-,25+,26+,27+,28+,29-/m1/s1. The highest BCUT2D eigenvalue weighted by Gasteiger charge is 2.57. The fraction of sp³-hybridized carbons (Fsp3) is 0.966. The van der Waals surface area contributed by atoms with E-state index in [0.29, 0.717) is 12.8 Å². The number of aliphatic hydroxyl groups is 10. The Morgan fingerprint density at radius 2 is 1.21 bits per heavy atom. The molecule has 10 N–H and O–H groups in total. The molecule has 0 saturated carbocycles. The Balaban J connectivity index is 1.67. The zero-order valence-electron chi connectivity index (χ0n) is 26.6. The smallest absolute Gasteiger partial charge is 0.305 e. The van der Waals surface area contributed by atoms with Gasteiger partial charge in [0.25, 0.3) is 0 Å². The molecule has 0 bridgehead atoms. The van der Waals surface area contributed by atoms with Crippen molar-refractivity contribution in [3.63, 3.8) is 0 Å². The van der Waals surface area contributed by atoms with Crippen LogP contribution in [-0.4, -0.2) is 182 Å². The molecule has 47 heavy (non-hydrogen) atoms. The molecule has 0 aliphatic carbocycles. The molecule has 3 aliphatic heterocycles. The predicted molar refractivity (Wildman–Crippen MR) is 154 cm³/mol. The van der Waals surface area contributed by atoms with Crippen molar-refractivity contribution in [1.29, 1.82) is 0 Å². The van der Waals surface area contributed by atoms with E-state index in [1.165, 1.54) is 7.11 Å². The van der Waals surface area contributed by atoms with E-state index < -0.39 is 111 Å². The molecule has 0 amide bonds. The summed E-state index contributed by atoms with van der Waals surface area (Å²) in [4.78, 5) is 11.2. The van der Waals surface area contributed by atoms with Gasteiger partial charge in [-0.3, -0.25) is 4.79 Å². The highest BCUT2D eigenvalue weighted by Crippen LogP contribution is 2.36. The van der Waals surface area contributed by atoms with Crippen LogP contribution in [0.15, 0.2) is 0 Å². The molecule has 3 heterocycles. The number of carbonyl (C=O) groups excluding carboxylic acids is 1. The first-order chi connectivity index (χ1) is 22.3. The lowest BCUT2D eigenvalue weighted by Crippen LogP contribution is -2.69. The number of rotatable bonds is 17. The third-order valence-electron chi connectivity index (χ3n) is 8.76. The number of carbonyl (C=O) groups is 1. The summed E-state index contributed by atoms with van der Waals surface area (Å²) in [6.45, 7) is -1.08. The molecule has 3 rings (SSSR count). The molecule has 0 aromatic heterocycles. The van der Waals surface area contributed by atoms with Gasteiger partial charge in [-0.05, 0) is 19.8 Å². The average molecular weight is 689 g/mol. The first-order valence-electron chi connectivity index (χ1n) is 15.9. The van der Waals surface area contributed by atoms with Crippen LogP contribution in [-0.2, 0) is 38.0 Å². The van der Waals surface area contributed by atoms with Crippen molar-refractivity contribution in [3.05, 3.63) is 0 Å². The Morgan fingerprint density at radius 1 is 0.660 bits per heavy atom. The summed E-state index contributed by atoms with van der Waals surface area (Å²) in [6.07, 6.45) is -18.1. The maximum atomic E-state index is 11.2. The molecule has 18 nitrogen and oxygen atoms in total. The van der Waals surface area contributed by atoms with Crippen LogP contribution in [0.2, 0.25) is 0 Å². The SMILES string of the molecule is COC(=O)CCCCCCCCO[C@H]1O[C@H](CO)[C@@H](O)[C@H](O[C@@H]2O[C@H](CO)[C@@H](O)[C@H](O)[C@H]2O[C@@H]2O[C@H](CO)[C@@H](O)[C@H](O)[C@@]2(C)O)[C@H]1O. The number of ether oxygens (including phenoxy) is 7. The van der Waals surface area contributed by atoms with Crippen LogP contribution in [0, 0.1) is 0 Å². The average Bonchev–Trinajstić information content (AvgIpc) is 3.05. The minimum absolute atomic E-state index is 0.141. The van der Waals surface area contributed by atoms with E-state index in [1.807, 2.05) is 0 Å². The molecule has 3 saturated heterocycles. The Kier molecular flexibility index (Phi) is 16.0. The minimum atomic E-state index is -2.32. The summed E-state index contributed by atoms with van der Waals surface area (Å²) in [6, 6.07) is 0. The zero-order valence-corrected chi connectivity index (χ0v) is 26.6. The molecule has 0 spiro atoms. The number of methoxy groups -OCH3 is 1. The van der Waals surface area contributed by atoms with Crippen LogP contribution in [0.5, 0.6) is 0 Å². The Morgan fingerprint density at radius 3 is 1.83 bits per heavy atom. The molecule has 0 aromatic carbocycles. The highest BCUT2D eigenvalue weighted by molar-refractivity contribution is 5.68. The molecule has 15 atom stereocenters. The molecule has 18 heteroatoms. The van der Waals surface area contributed by atoms with Gasteiger partial charge in [0, 0.05) is 13.0 Å². The van der Waals surface area contributed by atoms with Gasteiger partial charge in [-0.15, -0.1) is 0 Å². The number of unbranched alkanes of at least 4 members (excludes halogenated alkanes) is 5. The van der Waals surface area contributed by atoms with E-state index in [0.717, 1.165) is 39.0 Å². The van der Waals surface area contributed by atoms with Gasteiger partial charge in [-0.1, -0.05) is 25.7 Å². The maximum Gasteiger partial charge on any atom is 0.305 e. The molecule has 0 unspecified atom stereocenters. The van der Waals surface area contributed by atoms with E-state index >= 15 is 0 Å². The zero-order chi connectivity index (χ0) is 34.9. The largest absolute Gasteiger partial charge is 0.469 e. The van der Waals surface area contributed by atoms with Gasteiger partial charge in [-0.25, -0.2) is 0 Å². The molecule has 3 aliphatic rings. The summed E-state index contributed by atoms with van der Waals surface area (Å²) >= 11 is 0. The summed E-state index contributed by atoms with van der Waals surface area (Å²) in [5.74, 6) is -0.249. The molecular formula is C29H52O18. The summed E-state index contributed by atoms with van der Waals surface area (Å²) < 4.78 is 38.5. The van der Waals surface area contributed by atoms with Crippen molar-refractivity contribution < 1.29 is 89.0 Å². The van der Waals surface area contributed by atoms with Gasteiger partial charge < -0.3 is 84.2 Å². The van der Waals surface area contributed by atoms with Gasteiger partial charge in [0.1, 0.15) is 72.7 Å². The number of esters is 1. The lowest BCUT2D eigenvalue weighted by molar-refractivity contribution is -0.400. The maximum absolute atomic E-state index is 11.2. The van der Waals surface area contributed by atoms with E-state index in [-0.39, 0.29) is 12.6 Å². The van der Waals surface area contributed by atoms with Crippen LogP contribution in [0.3, 0.4) is 0 Å². The Bertz CT molecular complexity index is 926. The highest BCUT2D eigenvalue weighted by atomic mass is 16.8. The van der Waals surface area contributed by atoms with E-state index in [4.69, 9.17) is 28.4 Å². The first-order valence-corrected chi connectivity index (χ1v) is 15.9. The second-order valence-corrected chi connectivity index (χ2v) is 12.3. The number of hydrogen-bond donors (Lipinski definition) is 10. The fourth-order valence-electron chi connectivity index (χ4n) is 5.73. The van der Waals surface area contributed by atoms with Gasteiger partial charge >= 0.3 is 5.97 Å². The van der Waals surface area contributed by atoms with Crippen molar-refractivity contribution in [2.75, 3.05) is 33.5 Å². The molecule has 276 valence electrons. The Hall–Kier alpha value is -1.17. The van der Waals surface area contributed by atoms with E-state index in [1.54, 1.807) is 0 Å². The summed E-state index contributed by atoms with van der Waals surface area (Å²) in [7, 11) is 1.35. The fourth-order valence-corrected chi connectivity index (χ4v) is 5.73. The predicted octanol–water partition coefficient (Wildman–Crippen LogP) is -4.25. The molecule has 3 fully saturated rings. The number of aliphatic hydroxyl groups excluding tert-OH is 9. The van der Waals surface area contributed by atoms with Crippen LogP contribution in [0.4, 0.5) is 0 Å². The van der Waals surface area contributed by atoms with Crippen LogP contribution in [0.1, 0.15) is 51.9 Å². The van der Waals surface area contributed by atoms with Gasteiger partial charge in [-0.2, -0.15) is 0 Å². The first kappa shape index (κ1) is 40.3. The third-order valence-corrected chi connectivity index (χ3v) is 8.76. The second kappa shape index (κ2) is 18.7. The van der Waals surface area contributed by atoms with E-state index in [9.17, 15) is 55.9 Å². The van der Waals surface area contributed by atoms with Crippen LogP contribution < -0.4 is 0 Å². The number of hydrogen-bond acceptors (Lipinski definition) is 18. The summed E-state index contributed by atoms with van der Waals surface area (Å²) in [5, 5.41) is 104. The second-order valence-electron chi connectivity index (χ2n) is 12.3. The van der Waals surface area contributed by atoms with Crippen molar-refractivity contribution in [2.24, 2.45) is 0 Å². The molecule has 0 radical (unpaired) electrons. The topological polar surface area (TPSA) is 284 Å². The van der Waals surface area contributed by atoms with Crippen LogP contribution in [0.25, 0.3) is 0 Å². The van der Waals surface area contributed by atoms with Gasteiger partial charge in [0.05, 0.1) is 26.9 Å². The third kappa shape index (κ3) is 9.97. The van der Waals surface area contributed by atoms with Crippen molar-refractivity contribution in [2.45, 2.75) is 143 Å².